The van der Waals surface area contributed by atoms with E-state index in [1.54, 1.807) is 51.6 Å². The van der Waals surface area contributed by atoms with Crippen LogP contribution < -0.4 is 25.3 Å². The average Bonchev–Trinajstić information content (AvgIpc) is 2.67. The number of primary amides is 1. The van der Waals surface area contributed by atoms with Gasteiger partial charge in [-0.25, -0.2) is 0 Å². The van der Waals surface area contributed by atoms with Crippen LogP contribution in [0, 0.1) is 0 Å². The molecule has 2 amide bonds. The van der Waals surface area contributed by atoms with E-state index in [0.29, 0.717) is 29.5 Å². The second-order valence-corrected chi connectivity index (χ2v) is 6.12. The fraction of sp³-hybridized carbons (Fsp3) is 0.300. The number of nitrogens with two attached hydrogens (primary N) is 1. The first kappa shape index (κ1) is 21.0. The maximum Gasteiger partial charge on any atom is 0.250 e. The number of benzene rings is 2. The monoisotopic (exact) mass is 387 g/mol. The largest absolute Gasteiger partial charge is 0.493 e. The van der Waals surface area contributed by atoms with Gasteiger partial charge in [-0.3, -0.25) is 14.5 Å². The minimum atomic E-state index is -0.598. The summed E-state index contributed by atoms with van der Waals surface area (Å²) in [4.78, 5) is 25.7. The lowest BCUT2D eigenvalue weighted by Gasteiger charge is -2.20. The molecule has 2 rings (SSSR count). The highest BCUT2D eigenvalue weighted by atomic mass is 16.5. The predicted molar refractivity (Wildman–Crippen MR) is 106 cm³/mol. The van der Waals surface area contributed by atoms with Gasteiger partial charge in [0.2, 0.25) is 11.7 Å². The summed E-state index contributed by atoms with van der Waals surface area (Å²) in [6.07, 6.45) is 0. The molecule has 150 valence electrons. The van der Waals surface area contributed by atoms with Crippen molar-refractivity contribution in [1.82, 2.24) is 4.90 Å². The first-order valence-electron chi connectivity index (χ1n) is 8.56. The van der Waals surface area contributed by atoms with Gasteiger partial charge in [0, 0.05) is 12.1 Å². The smallest absolute Gasteiger partial charge is 0.250 e. The number of carbonyl (C=O) groups excluding carboxylic acids is 2. The van der Waals surface area contributed by atoms with Crippen LogP contribution in [-0.2, 0) is 11.3 Å². The molecule has 0 atom stereocenters. The van der Waals surface area contributed by atoms with Gasteiger partial charge in [-0.2, -0.15) is 0 Å². The zero-order valence-corrected chi connectivity index (χ0v) is 16.4. The van der Waals surface area contributed by atoms with Gasteiger partial charge in [-0.15, -0.1) is 0 Å². The van der Waals surface area contributed by atoms with Crippen LogP contribution >= 0.6 is 0 Å². The van der Waals surface area contributed by atoms with Crippen LogP contribution in [0.1, 0.15) is 15.9 Å². The standard InChI is InChI=1S/C20H25N3O5/c1-23(11-13-9-10-16(26-2)19(28-4)18(13)27-3)12-17(24)22-15-8-6-5-7-14(15)20(21)25/h5-10H,11-12H2,1-4H3,(H2,21,25)(H,22,24). The van der Waals surface area contributed by atoms with Gasteiger partial charge in [0.1, 0.15) is 0 Å². The molecule has 2 aromatic rings. The van der Waals surface area contributed by atoms with Crippen LogP contribution in [0.5, 0.6) is 17.2 Å². The predicted octanol–water partition coefficient (Wildman–Crippen LogP) is 1.88. The van der Waals surface area contributed by atoms with Crippen molar-refractivity contribution in [3.63, 3.8) is 0 Å². The lowest BCUT2D eigenvalue weighted by Crippen LogP contribution is -2.30. The Morgan fingerprint density at radius 2 is 1.68 bits per heavy atom. The molecule has 0 aliphatic carbocycles. The molecule has 0 bridgehead atoms. The van der Waals surface area contributed by atoms with Gasteiger partial charge < -0.3 is 25.3 Å². The van der Waals surface area contributed by atoms with Gasteiger partial charge in [-0.1, -0.05) is 18.2 Å². The Kier molecular flexibility index (Phi) is 7.22. The maximum absolute atomic E-state index is 12.4. The Balaban J connectivity index is 2.09. The van der Waals surface area contributed by atoms with Gasteiger partial charge in [0.05, 0.1) is 39.1 Å². The average molecular weight is 387 g/mol. The Morgan fingerprint density at radius 3 is 2.29 bits per heavy atom. The fourth-order valence-electron chi connectivity index (χ4n) is 2.88. The number of para-hydroxylation sites is 1. The number of rotatable bonds is 9. The van der Waals surface area contributed by atoms with Gasteiger partial charge >= 0.3 is 0 Å². The molecule has 28 heavy (non-hydrogen) atoms. The molecule has 0 radical (unpaired) electrons. The second-order valence-electron chi connectivity index (χ2n) is 6.12. The highest BCUT2D eigenvalue weighted by Gasteiger charge is 2.18. The van der Waals surface area contributed by atoms with Crippen molar-refractivity contribution >= 4 is 17.5 Å². The molecule has 2 aromatic carbocycles. The molecule has 0 saturated carbocycles. The third-order valence-electron chi connectivity index (χ3n) is 4.11. The summed E-state index contributed by atoms with van der Waals surface area (Å²) >= 11 is 0. The topological polar surface area (TPSA) is 103 Å². The van der Waals surface area contributed by atoms with Crippen molar-refractivity contribution in [3.05, 3.63) is 47.5 Å². The van der Waals surface area contributed by atoms with E-state index >= 15 is 0 Å². The quantitative estimate of drug-likeness (QED) is 0.681. The summed E-state index contributed by atoms with van der Waals surface area (Å²) in [5, 5.41) is 2.72. The maximum atomic E-state index is 12.4. The van der Waals surface area contributed by atoms with Crippen LogP contribution in [0.15, 0.2) is 36.4 Å². The molecule has 8 nitrogen and oxygen atoms in total. The number of hydrogen-bond acceptors (Lipinski definition) is 6. The van der Waals surface area contributed by atoms with Crippen LogP contribution in [0.3, 0.4) is 0 Å². The molecule has 0 aliphatic heterocycles. The number of methoxy groups -OCH3 is 3. The molecule has 0 spiro atoms. The van der Waals surface area contributed by atoms with Crippen LogP contribution in [0.4, 0.5) is 5.69 Å². The van der Waals surface area contributed by atoms with E-state index < -0.39 is 5.91 Å². The molecule has 0 aliphatic rings. The van der Waals surface area contributed by atoms with E-state index in [1.807, 2.05) is 11.0 Å². The van der Waals surface area contributed by atoms with Crippen molar-refractivity contribution in [1.29, 1.82) is 0 Å². The van der Waals surface area contributed by atoms with E-state index in [4.69, 9.17) is 19.9 Å². The minimum Gasteiger partial charge on any atom is -0.493 e. The van der Waals surface area contributed by atoms with Gasteiger partial charge in [0.15, 0.2) is 11.5 Å². The Bertz CT molecular complexity index is 854. The summed E-state index contributed by atoms with van der Waals surface area (Å²) in [6, 6.07) is 10.3. The number of ether oxygens (including phenoxy) is 3. The lowest BCUT2D eigenvalue weighted by molar-refractivity contribution is -0.117. The Morgan fingerprint density at radius 1 is 1.00 bits per heavy atom. The van der Waals surface area contributed by atoms with Gasteiger partial charge in [0.25, 0.3) is 5.91 Å². The fourth-order valence-corrected chi connectivity index (χ4v) is 2.88. The van der Waals surface area contributed by atoms with E-state index in [2.05, 4.69) is 5.32 Å². The first-order chi connectivity index (χ1) is 13.4. The number of hydrogen-bond donors (Lipinski definition) is 2. The zero-order valence-electron chi connectivity index (χ0n) is 16.4. The molecule has 3 N–H and O–H groups in total. The number of nitrogens with one attached hydrogen (secondary N) is 1. The van der Waals surface area contributed by atoms with Crippen LogP contribution in [-0.4, -0.2) is 51.6 Å². The number of nitrogens with zero attached hydrogens (tertiary/aromatic N) is 1. The normalized spacial score (nSPS) is 10.5. The molecule has 0 heterocycles. The third kappa shape index (κ3) is 4.92. The SMILES string of the molecule is COc1ccc(CN(C)CC(=O)Nc2ccccc2C(N)=O)c(OC)c1OC. The van der Waals surface area contributed by atoms with Crippen molar-refractivity contribution in [2.75, 3.05) is 40.2 Å². The number of likely N-dealkylation sites (N-methyl/N-ethyl adjacent to an activating group) is 1. The van der Waals surface area contributed by atoms with Crippen molar-refractivity contribution < 1.29 is 23.8 Å². The Labute approximate surface area is 164 Å². The van der Waals surface area contributed by atoms with E-state index in [0.717, 1.165) is 5.56 Å². The molecule has 0 saturated heterocycles. The van der Waals surface area contributed by atoms with Crippen LogP contribution in [0.25, 0.3) is 0 Å². The zero-order chi connectivity index (χ0) is 20.7. The second kappa shape index (κ2) is 9.61. The molecular weight excluding hydrogens is 362 g/mol. The number of anilines is 1. The van der Waals surface area contributed by atoms with E-state index in [-0.39, 0.29) is 18.0 Å². The summed E-state index contributed by atoms with van der Waals surface area (Å²) in [6.45, 7) is 0.541. The molecular formula is C20H25N3O5. The van der Waals surface area contributed by atoms with Crippen molar-refractivity contribution in [2.45, 2.75) is 6.54 Å². The molecule has 0 unspecified atom stereocenters. The van der Waals surface area contributed by atoms with Crippen molar-refractivity contribution in [3.8, 4) is 17.2 Å². The summed E-state index contributed by atoms with van der Waals surface area (Å²) in [5.74, 6) is 0.741. The summed E-state index contributed by atoms with van der Waals surface area (Å²) < 4.78 is 16.1. The van der Waals surface area contributed by atoms with Crippen molar-refractivity contribution in [2.24, 2.45) is 5.73 Å². The number of amides is 2. The Hall–Kier alpha value is -3.26. The minimum absolute atomic E-state index is 0.102. The lowest BCUT2D eigenvalue weighted by atomic mass is 10.1. The highest BCUT2D eigenvalue weighted by molar-refractivity contribution is 6.03. The van der Waals surface area contributed by atoms with E-state index in [1.165, 1.54) is 7.11 Å². The third-order valence-corrected chi connectivity index (χ3v) is 4.11. The molecule has 8 heteroatoms. The number of carbonyl (C=O) groups is 2. The summed E-state index contributed by atoms with van der Waals surface area (Å²) in [7, 11) is 6.44. The first-order valence-corrected chi connectivity index (χ1v) is 8.56. The van der Waals surface area contributed by atoms with Crippen LogP contribution in [0.2, 0.25) is 0 Å². The summed E-state index contributed by atoms with van der Waals surface area (Å²) in [5.41, 5.74) is 6.83. The molecule has 0 fully saturated rings. The van der Waals surface area contributed by atoms with Gasteiger partial charge in [-0.05, 0) is 25.2 Å². The van der Waals surface area contributed by atoms with E-state index in [9.17, 15) is 9.59 Å². The molecule has 0 aromatic heterocycles. The highest BCUT2D eigenvalue weighted by Crippen LogP contribution is 2.40.